The van der Waals surface area contributed by atoms with Crippen LogP contribution >= 0.6 is 23.1 Å². The number of unbranched alkanes of at least 4 members (excludes halogenated alkanes) is 1. The van der Waals surface area contributed by atoms with Gasteiger partial charge in [-0.2, -0.15) is 5.26 Å². The van der Waals surface area contributed by atoms with Gasteiger partial charge >= 0.3 is 5.97 Å². The number of hydrogen-bond donors (Lipinski definition) is 0. The number of benzene rings is 1. The molecular formula is C28H30N2O5S3. The number of sulfone groups is 1. The molecule has 7 nitrogen and oxygen atoms in total. The normalized spacial score (nSPS) is 12.0. The van der Waals surface area contributed by atoms with Gasteiger partial charge in [-0.3, -0.25) is 4.79 Å². The summed E-state index contributed by atoms with van der Waals surface area (Å²) in [5, 5.41) is 12.4. The molecule has 200 valence electrons. The fourth-order valence-corrected chi connectivity index (χ4v) is 6.70. The minimum Gasteiger partial charge on any atom is -0.458 e. The number of nitriles is 1. The highest BCUT2D eigenvalue weighted by Crippen LogP contribution is 2.35. The van der Waals surface area contributed by atoms with Crippen LogP contribution < -0.4 is 0 Å². The lowest BCUT2D eigenvalue weighted by Crippen LogP contribution is -2.33. The Kier molecular flexibility index (Phi) is 11.5. The Hall–Kier alpha value is -2.97. The zero-order valence-corrected chi connectivity index (χ0v) is 23.6. The second kappa shape index (κ2) is 14.8. The van der Waals surface area contributed by atoms with Crippen molar-refractivity contribution in [1.82, 2.24) is 4.98 Å². The predicted octanol–water partition coefficient (Wildman–Crippen LogP) is 5.77. The van der Waals surface area contributed by atoms with E-state index in [-0.39, 0.29) is 30.5 Å². The van der Waals surface area contributed by atoms with Gasteiger partial charge in [0.1, 0.15) is 17.2 Å². The van der Waals surface area contributed by atoms with Crippen molar-refractivity contribution >= 4 is 38.9 Å². The maximum Gasteiger partial charge on any atom is 0.316 e. The summed E-state index contributed by atoms with van der Waals surface area (Å²) in [6.45, 7) is 5.65. The summed E-state index contributed by atoms with van der Waals surface area (Å²) in [4.78, 5) is 18.4. The zero-order valence-electron chi connectivity index (χ0n) is 21.2. The topological polar surface area (TPSA) is 106 Å². The molecule has 10 heteroatoms. The van der Waals surface area contributed by atoms with E-state index in [0.29, 0.717) is 22.7 Å². The molecule has 0 bridgehead atoms. The maximum absolute atomic E-state index is 12.8. The molecule has 0 saturated carbocycles. The molecule has 38 heavy (non-hydrogen) atoms. The van der Waals surface area contributed by atoms with Crippen LogP contribution in [0.15, 0.2) is 71.6 Å². The van der Waals surface area contributed by atoms with Crippen LogP contribution in [-0.2, 0) is 24.1 Å². The van der Waals surface area contributed by atoms with E-state index >= 15 is 0 Å². The monoisotopic (exact) mass is 570 g/mol. The molecule has 0 spiro atoms. The Balaban J connectivity index is 1.81. The van der Waals surface area contributed by atoms with E-state index in [9.17, 15) is 18.5 Å². The molecule has 1 atom stereocenters. The van der Waals surface area contributed by atoms with Crippen LogP contribution in [0.4, 0.5) is 0 Å². The molecule has 3 rings (SSSR count). The fraction of sp³-hybridized carbons (Fsp3) is 0.321. The van der Waals surface area contributed by atoms with E-state index in [4.69, 9.17) is 9.47 Å². The zero-order chi connectivity index (χ0) is 27.4. The molecular weight excluding hydrogens is 541 g/mol. The van der Waals surface area contributed by atoms with Gasteiger partial charge in [-0.1, -0.05) is 67.6 Å². The third kappa shape index (κ3) is 8.81. The first-order valence-electron chi connectivity index (χ1n) is 12.1. The fourth-order valence-electron chi connectivity index (χ4n) is 3.61. The second-order valence-corrected chi connectivity index (χ2v) is 12.5. The van der Waals surface area contributed by atoms with Crippen molar-refractivity contribution in [3.8, 4) is 27.8 Å². The van der Waals surface area contributed by atoms with Crippen molar-refractivity contribution in [2.45, 2.75) is 30.9 Å². The maximum atomic E-state index is 12.8. The van der Waals surface area contributed by atoms with Gasteiger partial charge in [0.2, 0.25) is 0 Å². The van der Waals surface area contributed by atoms with Crippen molar-refractivity contribution in [1.29, 1.82) is 5.26 Å². The molecule has 1 unspecified atom stereocenters. The third-order valence-corrected chi connectivity index (χ3v) is 9.00. The van der Waals surface area contributed by atoms with Gasteiger partial charge in [0.05, 0.1) is 46.6 Å². The molecule has 0 aliphatic carbocycles. The van der Waals surface area contributed by atoms with E-state index in [2.05, 4.69) is 17.6 Å². The SMILES string of the molecule is C=CCOCC(CS(=O)(=O)CCCC)OC(=O)CSc1nc(-c2cccs2)cc(-c2ccccc2)c1C#N. The van der Waals surface area contributed by atoms with Crippen LogP contribution in [0.25, 0.3) is 21.7 Å². The van der Waals surface area contributed by atoms with Gasteiger partial charge < -0.3 is 9.47 Å². The number of ether oxygens (including phenoxy) is 2. The van der Waals surface area contributed by atoms with Crippen LogP contribution in [0.5, 0.6) is 0 Å². The van der Waals surface area contributed by atoms with Crippen molar-refractivity contribution in [3.05, 3.63) is 72.1 Å². The Morgan fingerprint density at radius 1 is 1.26 bits per heavy atom. The first-order chi connectivity index (χ1) is 18.4. The van der Waals surface area contributed by atoms with Gasteiger partial charge in [0.25, 0.3) is 0 Å². The van der Waals surface area contributed by atoms with E-state index < -0.39 is 21.9 Å². The Morgan fingerprint density at radius 3 is 2.71 bits per heavy atom. The third-order valence-electron chi connectivity index (χ3n) is 5.37. The Bertz CT molecular complexity index is 1350. The highest BCUT2D eigenvalue weighted by molar-refractivity contribution is 8.00. The molecule has 0 aliphatic rings. The number of rotatable bonds is 15. The van der Waals surface area contributed by atoms with Crippen molar-refractivity contribution in [2.75, 3.05) is 30.5 Å². The highest BCUT2D eigenvalue weighted by atomic mass is 32.2. The van der Waals surface area contributed by atoms with Gasteiger partial charge in [-0.25, -0.2) is 13.4 Å². The molecule has 0 amide bonds. The van der Waals surface area contributed by atoms with E-state index in [1.54, 1.807) is 6.08 Å². The van der Waals surface area contributed by atoms with Crippen LogP contribution in [-0.4, -0.2) is 55.9 Å². The molecule has 3 aromatic rings. The Labute approximate surface area is 232 Å². The summed E-state index contributed by atoms with van der Waals surface area (Å²) in [7, 11) is -3.41. The van der Waals surface area contributed by atoms with Crippen molar-refractivity contribution in [2.24, 2.45) is 0 Å². The van der Waals surface area contributed by atoms with Crippen LogP contribution in [0.1, 0.15) is 25.3 Å². The van der Waals surface area contributed by atoms with E-state index in [0.717, 1.165) is 34.2 Å². The summed E-state index contributed by atoms with van der Waals surface area (Å²) in [5.41, 5.74) is 2.65. The van der Waals surface area contributed by atoms with E-state index in [1.165, 1.54) is 11.3 Å². The van der Waals surface area contributed by atoms with Crippen molar-refractivity contribution < 1.29 is 22.7 Å². The van der Waals surface area contributed by atoms with Gasteiger partial charge in [-0.05, 0) is 29.5 Å². The van der Waals surface area contributed by atoms with Gasteiger partial charge in [-0.15, -0.1) is 17.9 Å². The first-order valence-corrected chi connectivity index (χ1v) is 15.8. The number of thiophene rings is 1. The average molecular weight is 571 g/mol. The number of carbonyl (C=O) groups excluding carboxylic acids is 1. The molecule has 1 aromatic carbocycles. The minimum absolute atomic E-state index is 0.0288. The number of hydrogen-bond acceptors (Lipinski definition) is 9. The summed E-state index contributed by atoms with van der Waals surface area (Å²) in [5.74, 6) is -1.03. The quantitative estimate of drug-likeness (QED) is 0.0981. The van der Waals surface area contributed by atoms with Gasteiger partial charge in [0.15, 0.2) is 9.84 Å². The number of nitrogens with zero attached hydrogens (tertiary/aromatic N) is 2. The average Bonchev–Trinajstić information content (AvgIpc) is 3.46. The van der Waals surface area contributed by atoms with E-state index in [1.807, 2.05) is 60.8 Å². The molecule has 0 N–H and O–H groups in total. The van der Waals surface area contributed by atoms with Crippen molar-refractivity contribution in [3.63, 3.8) is 0 Å². The lowest BCUT2D eigenvalue weighted by atomic mass is 10.0. The van der Waals surface area contributed by atoms with Gasteiger partial charge in [0, 0.05) is 5.56 Å². The predicted molar refractivity (Wildman–Crippen MR) is 153 cm³/mol. The summed E-state index contributed by atoms with van der Waals surface area (Å²) < 4.78 is 35.9. The van der Waals surface area contributed by atoms with Crippen LogP contribution in [0, 0.1) is 11.3 Å². The summed E-state index contributed by atoms with van der Waals surface area (Å²) in [6, 6.07) is 17.5. The Morgan fingerprint density at radius 2 is 2.05 bits per heavy atom. The number of thioether (sulfide) groups is 1. The molecule has 2 heterocycles. The largest absolute Gasteiger partial charge is 0.458 e. The lowest BCUT2D eigenvalue weighted by Gasteiger charge is -2.18. The lowest BCUT2D eigenvalue weighted by molar-refractivity contribution is -0.147. The van der Waals surface area contributed by atoms with Crippen LogP contribution in [0.3, 0.4) is 0 Å². The van der Waals surface area contributed by atoms with Crippen LogP contribution in [0.2, 0.25) is 0 Å². The highest BCUT2D eigenvalue weighted by Gasteiger charge is 2.24. The number of pyridine rings is 1. The smallest absolute Gasteiger partial charge is 0.316 e. The molecule has 0 radical (unpaired) electrons. The summed E-state index contributed by atoms with van der Waals surface area (Å²) >= 11 is 2.62. The minimum atomic E-state index is -3.41. The number of carbonyl (C=O) groups is 1. The standard InChI is InChI=1S/C28H30N2O5S3/c1-3-5-15-38(32,33)20-22(18-34-13-4-2)35-27(31)19-37-28-24(17-29)23(21-10-7-6-8-11-21)16-25(30-28)26-12-9-14-36-26/h4,6-12,14,16,22H,2-3,5,13,15,18-20H2,1H3. The number of esters is 1. The molecule has 0 fully saturated rings. The first kappa shape index (κ1) is 29.6. The number of aromatic nitrogens is 1. The summed E-state index contributed by atoms with van der Waals surface area (Å²) in [6.07, 6.45) is 1.89. The molecule has 0 saturated heterocycles. The second-order valence-electron chi connectivity index (χ2n) is 8.38. The molecule has 0 aliphatic heterocycles. The molecule has 2 aromatic heterocycles.